The molecule has 1 rings (SSSR count). The molecule has 1 amide bonds. The maximum atomic E-state index is 11.5. The molecule has 0 aliphatic rings. The zero-order valence-electron chi connectivity index (χ0n) is 12.3. The summed E-state index contributed by atoms with van der Waals surface area (Å²) in [4.78, 5) is 11.5. The van der Waals surface area contributed by atoms with Gasteiger partial charge in [-0.1, -0.05) is 17.7 Å². The van der Waals surface area contributed by atoms with E-state index in [1.807, 2.05) is 0 Å². The number of aliphatic hydroxyl groups excluding tert-OH is 2. The Morgan fingerprint density at radius 2 is 2.05 bits per heavy atom. The average molecular weight is 317 g/mol. The van der Waals surface area contributed by atoms with Gasteiger partial charge in [0, 0.05) is 22.8 Å². The largest absolute Gasteiger partial charge is 0.444 e. The molecular formula is C14H21ClN2O4. The number of nitrogens with two attached hydrogens (primary N) is 1. The van der Waals surface area contributed by atoms with E-state index in [0.717, 1.165) is 0 Å². The van der Waals surface area contributed by atoms with E-state index in [9.17, 15) is 15.0 Å². The van der Waals surface area contributed by atoms with E-state index in [2.05, 4.69) is 5.32 Å². The molecule has 0 spiro atoms. The van der Waals surface area contributed by atoms with Gasteiger partial charge in [-0.2, -0.15) is 0 Å². The van der Waals surface area contributed by atoms with Crippen LogP contribution in [0.3, 0.4) is 0 Å². The summed E-state index contributed by atoms with van der Waals surface area (Å²) in [7, 11) is 0. The lowest BCUT2D eigenvalue weighted by molar-refractivity contribution is 0.0133. The van der Waals surface area contributed by atoms with Gasteiger partial charge >= 0.3 is 6.09 Å². The summed E-state index contributed by atoms with van der Waals surface area (Å²) in [5.41, 5.74) is 5.60. The van der Waals surface area contributed by atoms with Crippen LogP contribution in [0.1, 0.15) is 32.4 Å². The predicted octanol–water partition coefficient (Wildman–Crippen LogP) is 1.84. The van der Waals surface area contributed by atoms with Crippen LogP contribution in [0.2, 0.25) is 5.02 Å². The molecule has 1 aromatic rings. The molecule has 2 atom stereocenters. The number of nitrogens with one attached hydrogen (secondary N) is 1. The molecule has 0 aromatic heterocycles. The Bertz CT molecular complexity index is 482. The third-order valence-corrected chi connectivity index (χ3v) is 2.93. The van der Waals surface area contributed by atoms with Gasteiger partial charge in [0.25, 0.3) is 0 Å². The normalized spacial score (nSPS) is 14.4. The number of alkyl carbamates (subject to hydrolysis) is 1. The highest BCUT2D eigenvalue weighted by molar-refractivity contribution is 6.31. The maximum absolute atomic E-state index is 11.5. The summed E-state index contributed by atoms with van der Waals surface area (Å²) in [6.07, 6.45) is -3.26. The third-order valence-electron chi connectivity index (χ3n) is 2.60. The van der Waals surface area contributed by atoms with Crippen molar-refractivity contribution in [3.8, 4) is 0 Å². The third kappa shape index (κ3) is 5.41. The van der Waals surface area contributed by atoms with Crippen LogP contribution in [0.15, 0.2) is 18.2 Å². The van der Waals surface area contributed by atoms with E-state index in [1.165, 1.54) is 0 Å². The molecule has 0 saturated carbocycles. The van der Waals surface area contributed by atoms with Crippen LogP contribution in [0.5, 0.6) is 0 Å². The number of halogens is 1. The molecule has 0 aliphatic heterocycles. The topological polar surface area (TPSA) is 105 Å². The first-order chi connectivity index (χ1) is 9.61. The van der Waals surface area contributed by atoms with Crippen LogP contribution >= 0.6 is 11.6 Å². The van der Waals surface area contributed by atoms with Crippen LogP contribution in [0.4, 0.5) is 10.5 Å². The highest BCUT2D eigenvalue weighted by Crippen LogP contribution is 2.30. The van der Waals surface area contributed by atoms with Crippen molar-refractivity contribution in [3.05, 3.63) is 28.8 Å². The lowest BCUT2D eigenvalue weighted by Gasteiger charge is -2.23. The van der Waals surface area contributed by atoms with Gasteiger partial charge in [-0.05, 0) is 32.9 Å². The fourth-order valence-electron chi connectivity index (χ4n) is 1.67. The van der Waals surface area contributed by atoms with Crippen molar-refractivity contribution in [2.75, 3.05) is 12.3 Å². The first-order valence-electron chi connectivity index (χ1n) is 6.48. The summed E-state index contributed by atoms with van der Waals surface area (Å²) >= 11 is 5.96. The van der Waals surface area contributed by atoms with Crippen molar-refractivity contribution < 1.29 is 19.7 Å². The number of carbonyl (C=O) groups excluding carboxylic acids is 1. The van der Waals surface area contributed by atoms with E-state index in [-0.39, 0.29) is 22.8 Å². The molecule has 0 aliphatic carbocycles. The van der Waals surface area contributed by atoms with Gasteiger partial charge in [0.2, 0.25) is 0 Å². The van der Waals surface area contributed by atoms with Gasteiger partial charge in [0.1, 0.15) is 17.8 Å². The molecule has 0 fully saturated rings. The second-order valence-corrected chi connectivity index (χ2v) is 6.04. The maximum Gasteiger partial charge on any atom is 0.407 e. The van der Waals surface area contributed by atoms with E-state index >= 15 is 0 Å². The first-order valence-corrected chi connectivity index (χ1v) is 6.86. The molecule has 118 valence electrons. The van der Waals surface area contributed by atoms with Crippen LogP contribution < -0.4 is 11.1 Å². The minimum Gasteiger partial charge on any atom is -0.444 e. The van der Waals surface area contributed by atoms with Gasteiger partial charge in [-0.15, -0.1) is 0 Å². The SMILES string of the molecule is CC(C)(C)OC(=O)NCC(O)C(O)c1c(N)cccc1Cl. The summed E-state index contributed by atoms with van der Waals surface area (Å²) < 4.78 is 5.03. The van der Waals surface area contributed by atoms with E-state index in [0.29, 0.717) is 0 Å². The second-order valence-electron chi connectivity index (χ2n) is 5.64. The van der Waals surface area contributed by atoms with Crippen LogP contribution in [0.25, 0.3) is 0 Å². The van der Waals surface area contributed by atoms with Crippen LogP contribution in [-0.2, 0) is 4.74 Å². The number of hydrogen-bond donors (Lipinski definition) is 4. The summed E-state index contributed by atoms with van der Waals surface area (Å²) in [5.74, 6) is 0. The minimum absolute atomic E-state index is 0.194. The number of hydrogen-bond acceptors (Lipinski definition) is 5. The van der Waals surface area contributed by atoms with Crippen molar-refractivity contribution in [1.29, 1.82) is 0 Å². The Kier molecular flexibility index (Phi) is 5.83. The summed E-state index contributed by atoms with van der Waals surface area (Å²) in [6, 6.07) is 4.77. The number of amides is 1. The monoisotopic (exact) mass is 316 g/mol. The molecule has 1 aromatic carbocycles. The van der Waals surface area contributed by atoms with E-state index < -0.39 is 23.9 Å². The van der Waals surface area contributed by atoms with Crippen LogP contribution in [0, 0.1) is 0 Å². The molecule has 7 heteroatoms. The molecule has 0 saturated heterocycles. The van der Waals surface area contributed by atoms with Crippen LogP contribution in [-0.4, -0.2) is 34.6 Å². The zero-order valence-corrected chi connectivity index (χ0v) is 13.0. The number of anilines is 1. The lowest BCUT2D eigenvalue weighted by Crippen LogP contribution is -2.39. The van der Waals surface area contributed by atoms with Crippen molar-refractivity contribution in [1.82, 2.24) is 5.32 Å². The lowest BCUT2D eigenvalue weighted by atomic mass is 10.0. The predicted molar refractivity (Wildman–Crippen MR) is 81.1 cm³/mol. The zero-order chi connectivity index (χ0) is 16.2. The molecule has 0 radical (unpaired) electrons. The number of ether oxygens (including phenoxy) is 1. The number of rotatable bonds is 4. The van der Waals surface area contributed by atoms with Gasteiger partial charge in [-0.3, -0.25) is 0 Å². The molecular weight excluding hydrogens is 296 g/mol. The molecule has 2 unspecified atom stereocenters. The molecule has 6 nitrogen and oxygen atoms in total. The fraction of sp³-hybridized carbons (Fsp3) is 0.500. The smallest absolute Gasteiger partial charge is 0.407 e. The minimum atomic E-state index is -1.31. The Labute approximate surface area is 128 Å². The van der Waals surface area contributed by atoms with Crippen molar-refractivity contribution in [2.24, 2.45) is 0 Å². The van der Waals surface area contributed by atoms with Gasteiger partial charge in [0.15, 0.2) is 0 Å². The van der Waals surface area contributed by atoms with Gasteiger partial charge in [0.05, 0.1) is 0 Å². The van der Waals surface area contributed by atoms with Crippen molar-refractivity contribution in [3.63, 3.8) is 0 Å². The van der Waals surface area contributed by atoms with Gasteiger partial charge < -0.3 is 26.0 Å². The summed E-state index contributed by atoms with van der Waals surface area (Å²) in [5, 5.41) is 22.6. The first kappa shape index (κ1) is 17.6. The van der Waals surface area contributed by atoms with Crippen molar-refractivity contribution in [2.45, 2.75) is 38.6 Å². The summed E-state index contributed by atoms with van der Waals surface area (Å²) in [6.45, 7) is 4.98. The Morgan fingerprint density at radius 1 is 1.43 bits per heavy atom. The Morgan fingerprint density at radius 3 is 2.57 bits per heavy atom. The number of nitrogen functional groups attached to an aromatic ring is 1. The quantitative estimate of drug-likeness (QED) is 0.634. The number of aliphatic hydroxyl groups is 2. The fourth-order valence-corrected chi connectivity index (χ4v) is 1.97. The molecule has 0 heterocycles. The highest BCUT2D eigenvalue weighted by Gasteiger charge is 2.24. The standard InChI is InChI=1S/C14H21ClN2O4/c1-14(2,3)21-13(20)17-7-10(18)12(19)11-8(15)5-4-6-9(11)16/h4-6,10,12,18-19H,7,16H2,1-3H3,(H,17,20). The molecule has 0 bridgehead atoms. The van der Waals surface area contributed by atoms with E-state index in [4.69, 9.17) is 22.1 Å². The van der Waals surface area contributed by atoms with Gasteiger partial charge in [-0.25, -0.2) is 4.79 Å². The molecule has 5 N–H and O–H groups in total. The number of benzene rings is 1. The average Bonchev–Trinajstić information content (AvgIpc) is 2.33. The Balaban J connectivity index is 2.63. The van der Waals surface area contributed by atoms with Crippen molar-refractivity contribution >= 4 is 23.4 Å². The Hall–Kier alpha value is -1.50. The van der Waals surface area contributed by atoms with E-state index in [1.54, 1.807) is 39.0 Å². The highest BCUT2D eigenvalue weighted by atomic mass is 35.5. The second kappa shape index (κ2) is 6.98. The molecule has 21 heavy (non-hydrogen) atoms. The number of carbonyl (C=O) groups is 1.